The van der Waals surface area contributed by atoms with Crippen molar-refractivity contribution in [1.29, 1.82) is 0 Å². The Hall–Kier alpha value is -0.500. The first-order chi connectivity index (χ1) is 7.16. The van der Waals surface area contributed by atoms with Crippen LogP contribution in [0.5, 0.6) is 5.75 Å². The van der Waals surface area contributed by atoms with Gasteiger partial charge in [-0.25, -0.2) is 0 Å². The van der Waals surface area contributed by atoms with Gasteiger partial charge in [0.25, 0.3) is 0 Å². The number of alkyl halides is 1. The standard InChI is InChI=1S/C13H17BrO/c1-10(14)13(6-7-13)9-11-4-3-5-12(8-11)15-2/h3-5,8,10H,6-7,9H2,1-2H3. The van der Waals surface area contributed by atoms with Crippen molar-refractivity contribution in [2.45, 2.75) is 31.0 Å². The fraction of sp³-hybridized carbons (Fsp3) is 0.538. The van der Waals surface area contributed by atoms with E-state index in [0.29, 0.717) is 10.2 Å². The summed E-state index contributed by atoms with van der Waals surface area (Å²) in [6.07, 6.45) is 3.85. The van der Waals surface area contributed by atoms with Crippen LogP contribution in [0.1, 0.15) is 25.3 Å². The van der Waals surface area contributed by atoms with Gasteiger partial charge in [-0.05, 0) is 42.4 Å². The SMILES string of the molecule is COc1cccc(CC2(C(C)Br)CC2)c1. The summed E-state index contributed by atoms with van der Waals surface area (Å²) in [5.41, 5.74) is 1.89. The van der Waals surface area contributed by atoms with Crippen molar-refractivity contribution in [2.75, 3.05) is 7.11 Å². The van der Waals surface area contributed by atoms with Gasteiger partial charge in [0.15, 0.2) is 0 Å². The number of methoxy groups -OCH3 is 1. The summed E-state index contributed by atoms with van der Waals surface area (Å²) < 4.78 is 5.24. The monoisotopic (exact) mass is 268 g/mol. The van der Waals surface area contributed by atoms with Gasteiger partial charge in [0.05, 0.1) is 7.11 Å². The predicted octanol–water partition coefficient (Wildman–Crippen LogP) is 3.80. The van der Waals surface area contributed by atoms with E-state index in [1.807, 2.05) is 6.07 Å². The van der Waals surface area contributed by atoms with Crippen LogP contribution < -0.4 is 4.74 Å². The third-order valence-electron chi connectivity index (χ3n) is 3.43. The molecule has 1 aliphatic rings. The van der Waals surface area contributed by atoms with Crippen molar-refractivity contribution >= 4 is 15.9 Å². The van der Waals surface area contributed by atoms with Gasteiger partial charge in [0.2, 0.25) is 0 Å². The van der Waals surface area contributed by atoms with Crippen LogP contribution in [0, 0.1) is 5.41 Å². The van der Waals surface area contributed by atoms with E-state index >= 15 is 0 Å². The van der Waals surface area contributed by atoms with E-state index < -0.39 is 0 Å². The second-order valence-corrected chi connectivity index (χ2v) is 5.88. The summed E-state index contributed by atoms with van der Waals surface area (Å²) >= 11 is 3.72. The first-order valence-electron chi connectivity index (χ1n) is 5.43. The molecule has 1 nitrogen and oxygen atoms in total. The fourth-order valence-corrected chi connectivity index (χ4v) is 2.68. The summed E-state index contributed by atoms with van der Waals surface area (Å²) in [7, 11) is 1.72. The number of ether oxygens (including phenoxy) is 1. The van der Waals surface area contributed by atoms with E-state index in [1.54, 1.807) is 7.11 Å². The zero-order valence-electron chi connectivity index (χ0n) is 9.29. The minimum absolute atomic E-state index is 0.506. The van der Waals surface area contributed by atoms with Crippen molar-refractivity contribution in [1.82, 2.24) is 0 Å². The quantitative estimate of drug-likeness (QED) is 0.755. The van der Waals surface area contributed by atoms with Gasteiger partial charge in [-0.15, -0.1) is 0 Å². The van der Waals surface area contributed by atoms with Gasteiger partial charge in [-0.1, -0.05) is 35.0 Å². The van der Waals surface area contributed by atoms with Crippen LogP contribution in [-0.2, 0) is 6.42 Å². The molecular formula is C13H17BrO. The van der Waals surface area contributed by atoms with Crippen molar-refractivity contribution < 1.29 is 4.74 Å². The lowest BCUT2D eigenvalue weighted by Gasteiger charge is -2.18. The van der Waals surface area contributed by atoms with Gasteiger partial charge >= 0.3 is 0 Å². The Morgan fingerprint density at radius 3 is 2.73 bits per heavy atom. The van der Waals surface area contributed by atoms with E-state index in [-0.39, 0.29) is 0 Å². The van der Waals surface area contributed by atoms with Gasteiger partial charge in [0.1, 0.15) is 5.75 Å². The van der Waals surface area contributed by atoms with E-state index in [4.69, 9.17) is 4.74 Å². The third-order valence-corrected chi connectivity index (χ3v) is 4.40. The summed E-state index contributed by atoms with van der Waals surface area (Å²) in [5, 5.41) is 0. The maximum atomic E-state index is 5.24. The minimum Gasteiger partial charge on any atom is -0.497 e. The molecule has 1 aliphatic carbocycles. The molecule has 0 heterocycles. The maximum absolute atomic E-state index is 5.24. The molecule has 0 aliphatic heterocycles. The van der Waals surface area contributed by atoms with Gasteiger partial charge < -0.3 is 4.74 Å². The Bertz CT molecular complexity index is 342. The molecule has 0 N–H and O–H groups in total. The van der Waals surface area contributed by atoms with Crippen LogP contribution in [0.3, 0.4) is 0 Å². The number of halogens is 1. The Morgan fingerprint density at radius 2 is 2.20 bits per heavy atom. The largest absolute Gasteiger partial charge is 0.497 e. The van der Waals surface area contributed by atoms with Crippen molar-refractivity contribution in [2.24, 2.45) is 5.41 Å². The predicted molar refractivity (Wildman–Crippen MR) is 66.8 cm³/mol. The molecule has 0 radical (unpaired) electrons. The molecular weight excluding hydrogens is 252 g/mol. The third kappa shape index (κ3) is 2.36. The Labute approximate surface area is 100.0 Å². The van der Waals surface area contributed by atoms with Crippen LogP contribution >= 0.6 is 15.9 Å². The van der Waals surface area contributed by atoms with E-state index in [1.165, 1.54) is 18.4 Å². The van der Waals surface area contributed by atoms with Crippen LogP contribution in [0.2, 0.25) is 0 Å². The normalized spacial score (nSPS) is 19.7. The maximum Gasteiger partial charge on any atom is 0.119 e. The number of hydrogen-bond acceptors (Lipinski definition) is 1. The Morgan fingerprint density at radius 1 is 1.47 bits per heavy atom. The number of benzene rings is 1. The first kappa shape index (κ1) is 11.0. The lowest BCUT2D eigenvalue weighted by Crippen LogP contribution is -2.15. The summed E-state index contributed by atoms with van der Waals surface area (Å²) in [6, 6.07) is 8.41. The second kappa shape index (κ2) is 4.17. The Balaban J connectivity index is 2.11. The van der Waals surface area contributed by atoms with Crippen molar-refractivity contribution in [3.05, 3.63) is 29.8 Å². The van der Waals surface area contributed by atoms with E-state index in [2.05, 4.69) is 41.1 Å². The smallest absolute Gasteiger partial charge is 0.119 e. The van der Waals surface area contributed by atoms with E-state index in [0.717, 1.165) is 12.2 Å². The molecule has 2 rings (SSSR count). The molecule has 0 saturated heterocycles. The zero-order chi connectivity index (χ0) is 10.9. The van der Waals surface area contributed by atoms with Gasteiger partial charge in [0, 0.05) is 4.83 Å². The van der Waals surface area contributed by atoms with Gasteiger partial charge in [-0.2, -0.15) is 0 Å². The lowest BCUT2D eigenvalue weighted by atomic mass is 9.94. The fourth-order valence-electron chi connectivity index (χ4n) is 2.06. The first-order valence-corrected chi connectivity index (χ1v) is 6.35. The topological polar surface area (TPSA) is 9.23 Å². The average molecular weight is 269 g/mol. The molecule has 1 saturated carbocycles. The highest BCUT2D eigenvalue weighted by Crippen LogP contribution is 2.53. The molecule has 0 spiro atoms. The van der Waals surface area contributed by atoms with Crippen molar-refractivity contribution in [3.8, 4) is 5.75 Å². The molecule has 2 heteroatoms. The summed E-state index contributed by atoms with van der Waals surface area (Å²) in [4.78, 5) is 0.608. The summed E-state index contributed by atoms with van der Waals surface area (Å²) in [5.74, 6) is 0.963. The molecule has 82 valence electrons. The van der Waals surface area contributed by atoms with Crippen LogP contribution in [-0.4, -0.2) is 11.9 Å². The van der Waals surface area contributed by atoms with Crippen LogP contribution in [0.15, 0.2) is 24.3 Å². The molecule has 15 heavy (non-hydrogen) atoms. The Kier molecular flexibility index (Phi) is 3.06. The molecule has 1 atom stereocenters. The molecule has 1 aromatic carbocycles. The van der Waals surface area contributed by atoms with E-state index in [9.17, 15) is 0 Å². The summed E-state index contributed by atoms with van der Waals surface area (Å²) in [6.45, 7) is 2.26. The van der Waals surface area contributed by atoms with Gasteiger partial charge in [-0.3, -0.25) is 0 Å². The average Bonchev–Trinajstić information content (AvgIpc) is 2.99. The van der Waals surface area contributed by atoms with Crippen molar-refractivity contribution in [3.63, 3.8) is 0 Å². The number of hydrogen-bond donors (Lipinski definition) is 0. The van der Waals surface area contributed by atoms with Crippen LogP contribution in [0.4, 0.5) is 0 Å². The minimum atomic E-state index is 0.506. The highest BCUT2D eigenvalue weighted by atomic mass is 79.9. The molecule has 1 aromatic rings. The lowest BCUT2D eigenvalue weighted by molar-refractivity contribution is 0.413. The highest BCUT2D eigenvalue weighted by Gasteiger charge is 2.46. The molecule has 0 amide bonds. The molecule has 0 bridgehead atoms. The second-order valence-electron chi connectivity index (χ2n) is 4.51. The van der Waals surface area contributed by atoms with Crippen LogP contribution in [0.25, 0.3) is 0 Å². The molecule has 0 aromatic heterocycles. The number of rotatable bonds is 4. The molecule has 1 fully saturated rings. The molecule has 1 unspecified atom stereocenters. The zero-order valence-corrected chi connectivity index (χ0v) is 10.9. The highest BCUT2D eigenvalue weighted by molar-refractivity contribution is 9.09.